The van der Waals surface area contributed by atoms with E-state index in [1.807, 2.05) is 64.1 Å². The summed E-state index contributed by atoms with van der Waals surface area (Å²) in [6.07, 6.45) is 0.883. The van der Waals surface area contributed by atoms with E-state index in [0.717, 1.165) is 26.2 Å². The molecule has 1 aromatic rings. The molecular weight excluding hydrogens is 397 g/mol. The third-order valence-electron chi connectivity index (χ3n) is 1.51. The van der Waals surface area contributed by atoms with Gasteiger partial charge in [0.25, 0.3) is 0 Å². The van der Waals surface area contributed by atoms with Crippen molar-refractivity contribution in [2.45, 2.75) is 70.7 Å². The van der Waals surface area contributed by atoms with Crippen LogP contribution < -0.4 is 0 Å². The van der Waals surface area contributed by atoms with E-state index in [2.05, 4.69) is 20.8 Å². The van der Waals surface area contributed by atoms with Crippen LogP contribution >= 0.6 is 0 Å². The maximum Gasteiger partial charge on any atom is 3.00 e. The van der Waals surface area contributed by atoms with Crippen molar-refractivity contribution >= 4 is 0 Å². The van der Waals surface area contributed by atoms with Gasteiger partial charge in [-0.2, -0.15) is 13.3 Å². The van der Waals surface area contributed by atoms with Gasteiger partial charge < -0.3 is 30.2 Å². The second-order valence-corrected chi connectivity index (χ2v) is 2.90. The molecule has 0 heterocycles. The van der Waals surface area contributed by atoms with Gasteiger partial charge in [-0.25, -0.2) is 0 Å². The molecule has 0 radical (unpaired) electrons. The van der Waals surface area contributed by atoms with Gasteiger partial charge in [-0.3, -0.25) is 0 Å². The second kappa shape index (κ2) is 84.6. The summed E-state index contributed by atoms with van der Waals surface area (Å²) in [5, 5.41) is 0. The summed E-state index contributed by atoms with van der Waals surface area (Å²) in [7, 11) is 0. The first-order valence-electron chi connectivity index (χ1n) is 7.78. The van der Waals surface area contributed by atoms with E-state index in [1.165, 1.54) is 0 Å². The van der Waals surface area contributed by atoms with Crippen LogP contribution in [0.25, 0.3) is 0 Å². The van der Waals surface area contributed by atoms with Crippen molar-refractivity contribution in [1.29, 1.82) is 0 Å². The molecule has 1 aromatic carbocycles. The fraction of sp³-hybridized carbons (Fsp3) is 0.609. The van der Waals surface area contributed by atoms with Crippen molar-refractivity contribution in [3.8, 4) is 0 Å². The summed E-state index contributed by atoms with van der Waals surface area (Å²) < 4.78 is 9.64. The molecule has 0 atom stereocenters. The van der Waals surface area contributed by atoms with Crippen LogP contribution in [0.1, 0.15) is 70.7 Å². The molecule has 3 heteroatoms. The molecule has 0 fully saturated rings. The molecule has 0 aromatic heterocycles. The Morgan fingerprint density at radius 1 is 0.654 bits per heavy atom. The first-order chi connectivity index (χ1) is 10.3. The largest absolute Gasteiger partial charge is 3.00 e. The monoisotopic (exact) mass is 450 g/mol. The molecular formula is C23H53O2Y. The van der Waals surface area contributed by atoms with E-state index in [0.29, 0.717) is 6.61 Å². The number of rotatable bonds is 5. The van der Waals surface area contributed by atoms with E-state index in [1.54, 1.807) is 6.92 Å². The third-order valence-corrected chi connectivity index (χ3v) is 1.51. The Labute approximate surface area is 195 Å². The van der Waals surface area contributed by atoms with Crippen LogP contribution in [-0.4, -0.2) is 26.4 Å². The van der Waals surface area contributed by atoms with Gasteiger partial charge in [0.05, 0.1) is 0 Å². The van der Waals surface area contributed by atoms with E-state index in [-0.39, 0.29) is 62.4 Å². The molecule has 2 nitrogen and oxygen atoms in total. The van der Waals surface area contributed by atoms with Crippen LogP contribution in [0.3, 0.4) is 0 Å². The molecule has 0 unspecified atom stereocenters. The van der Waals surface area contributed by atoms with Gasteiger partial charge in [0.1, 0.15) is 0 Å². The molecule has 0 N–H and O–H groups in total. The first-order valence-corrected chi connectivity index (χ1v) is 7.78. The van der Waals surface area contributed by atoms with Gasteiger partial charge in [-0.1, -0.05) is 86.6 Å². The molecule has 160 valence electrons. The normalized spacial score (nSPS) is 6.00. The van der Waals surface area contributed by atoms with Crippen molar-refractivity contribution in [3.05, 3.63) is 57.2 Å². The summed E-state index contributed by atoms with van der Waals surface area (Å²) in [5.74, 6) is 0. The zero-order chi connectivity index (χ0) is 17.2. The fourth-order valence-corrected chi connectivity index (χ4v) is 0.776. The minimum atomic E-state index is 0. The molecule has 0 saturated heterocycles. The summed E-state index contributed by atoms with van der Waals surface area (Å²) in [4.78, 5) is 0. The van der Waals surface area contributed by atoms with Crippen molar-refractivity contribution in [1.82, 2.24) is 0 Å². The maximum atomic E-state index is 4.92. The van der Waals surface area contributed by atoms with Gasteiger partial charge in [-0.15, -0.1) is 0 Å². The summed E-state index contributed by atoms with van der Waals surface area (Å²) in [5.41, 5.74) is 0. The average Bonchev–Trinajstić information content (AvgIpc) is 2.60. The quantitative estimate of drug-likeness (QED) is 0.332. The molecule has 0 bridgehead atoms. The SMILES string of the molecule is C.C.C.C.CC.[CH2-]C.[CH2-]CCOCC.[CH2-]COCC.[Y+3].c1ccccc1. The van der Waals surface area contributed by atoms with Gasteiger partial charge in [-0.05, 0) is 13.8 Å². The summed E-state index contributed by atoms with van der Waals surface area (Å²) in [6, 6.07) is 12.0. The van der Waals surface area contributed by atoms with E-state index in [9.17, 15) is 0 Å². The van der Waals surface area contributed by atoms with E-state index in [4.69, 9.17) is 9.47 Å². The Morgan fingerprint density at radius 2 is 0.923 bits per heavy atom. The zero-order valence-electron chi connectivity index (χ0n) is 15.5. The molecule has 0 saturated carbocycles. The Hall–Kier alpha value is 0.244. The topological polar surface area (TPSA) is 18.5 Å². The Bertz CT molecular complexity index is 162. The Balaban J connectivity index is -0.0000000200. The third kappa shape index (κ3) is 104. The Kier molecular flexibility index (Phi) is 183. The molecule has 0 spiro atoms. The van der Waals surface area contributed by atoms with Gasteiger partial charge in [0, 0.05) is 19.8 Å². The standard InChI is InChI=1S/C6H6.C5H11O.C4H9O.C2H6.C2H5.4CH4.Y/c1-2-4-6-5-3-1;1-3-5-6-4-2;1-3-5-4-2;2*1-2;;;;;/h1-6H;1,3-5H2,2H3;1,3-4H2,2H3;1-2H3;1H2,2H3;4*1H4;/q;2*-1;;-1;;;;;+3. The van der Waals surface area contributed by atoms with E-state index >= 15 is 0 Å². The molecule has 0 aliphatic rings. The number of ether oxygens (including phenoxy) is 2. The maximum absolute atomic E-state index is 4.92. The first kappa shape index (κ1) is 56.2. The van der Waals surface area contributed by atoms with Crippen LogP contribution in [0.15, 0.2) is 36.4 Å². The van der Waals surface area contributed by atoms with Crippen LogP contribution in [0.5, 0.6) is 0 Å². The molecule has 0 amide bonds. The minimum absolute atomic E-state index is 0. The van der Waals surface area contributed by atoms with Crippen LogP contribution in [0.4, 0.5) is 0 Å². The smallest absolute Gasteiger partial charge is 0.414 e. The predicted octanol–water partition coefficient (Wildman–Crippen LogP) is 8.20. The fourth-order valence-electron chi connectivity index (χ4n) is 0.776. The van der Waals surface area contributed by atoms with Crippen molar-refractivity contribution in [2.24, 2.45) is 0 Å². The molecule has 0 aliphatic heterocycles. The van der Waals surface area contributed by atoms with Gasteiger partial charge in [0.2, 0.25) is 0 Å². The van der Waals surface area contributed by atoms with Crippen molar-refractivity contribution in [2.75, 3.05) is 26.4 Å². The van der Waals surface area contributed by atoms with Gasteiger partial charge >= 0.3 is 32.7 Å². The van der Waals surface area contributed by atoms with Crippen molar-refractivity contribution in [3.63, 3.8) is 0 Å². The van der Waals surface area contributed by atoms with Crippen LogP contribution in [0, 0.1) is 20.8 Å². The second-order valence-electron chi connectivity index (χ2n) is 2.90. The van der Waals surface area contributed by atoms with Crippen molar-refractivity contribution < 1.29 is 42.2 Å². The Morgan fingerprint density at radius 3 is 1.00 bits per heavy atom. The molecule has 1 rings (SSSR count). The predicted molar refractivity (Wildman–Crippen MR) is 124 cm³/mol. The van der Waals surface area contributed by atoms with E-state index < -0.39 is 0 Å². The number of benzene rings is 1. The van der Waals surface area contributed by atoms with Crippen LogP contribution in [-0.2, 0) is 42.2 Å². The minimum Gasteiger partial charge on any atom is -0.414 e. The van der Waals surface area contributed by atoms with Gasteiger partial charge in [0.15, 0.2) is 0 Å². The average molecular weight is 451 g/mol. The summed E-state index contributed by atoms with van der Waals surface area (Å²) in [6.45, 7) is 23.0. The number of hydrogen-bond donors (Lipinski definition) is 0. The number of hydrogen-bond acceptors (Lipinski definition) is 2. The molecule has 26 heavy (non-hydrogen) atoms. The molecule has 0 aliphatic carbocycles. The zero-order valence-corrected chi connectivity index (χ0v) is 18.4. The summed E-state index contributed by atoms with van der Waals surface area (Å²) >= 11 is 0. The van der Waals surface area contributed by atoms with Crippen LogP contribution in [0.2, 0.25) is 0 Å².